The molecule has 25 heavy (non-hydrogen) atoms. The highest BCUT2D eigenvalue weighted by atomic mass is 35.5. The van der Waals surface area contributed by atoms with Crippen molar-refractivity contribution in [2.24, 2.45) is 0 Å². The van der Waals surface area contributed by atoms with Crippen LogP contribution in [0.3, 0.4) is 0 Å². The number of nitrogens with one attached hydrogen (secondary N) is 1. The minimum atomic E-state index is 0.0203. The predicted octanol–water partition coefficient (Wildman–Crippen LogP) is 3.34. The number of hydrogen-bond donors (Lipinski definition) is 2. The summed E-state index contributed by atoms with van der Waals surface area (Å²) in [6.45, 7) is 2.79. The number of nitrogens with zero attached hydrogens (tertiary/aromatic N) is 1. The molecule has 4 nitrogen and oxygen atoms in total. The van der Waals surface area contributed by atoms with E-state index in [-0.39, 0.29) is 11.6 Å². The van der Waals surface area contributed by atoms with Crippen LogP contribution in [0, 0.1) is 0 Å². The molecule has 1 aliphatic carbocycles. The van der Waals surface area contributed by atoms with Gasteiger partial charge >= 0.3 is 0 Å². The molecule has 0 saturated carbocycles. The highest BCUT2D eigenvalue weighted by Gasteiger charge is 2.20. The fourth-order valence-electron chi connectivity index (χ4n) is 3.50. The Bertz CT molecular complexity index is 961. The summed E-state index contributed by atoms with van der Waals surface area (Å²) in [5, 5.41) is 3.75. The van der Waals surface area contributed by atoms with Crippen LogP contribution < -0.4 is 10.9 Å². The summed E-state index contributed by atoms with van der Waals surface area (Å²) in [6.07, 6.45) is 4.49. The third-order valence-electron chi connectivity index (χ3n) is 4.93. The summed E-state index contributed by atoms with van der Waals surface area (Å²) in [6, 6.07) is 8.16. The minimum Gasteiger partial charge on any atom is -0.334 e. The van der Waals surface area contributed by atoms with Crippen molar-refractivity contribution in [3.05, 3.63) is 61.5 Å². The summed E-state index contributed by atoms with van der Waals surface area (Å²) >= 11 is 7.65. The number of hydrogen-bond acceptors (Lipinski definition) is 3. The average Bonchev–Trinajstić information content (AvgIpc) is 2.99. The van der Waals surface area contributed by atoms with Crippen LogP contribution in [0.1, 0.15) is 47.6 Å². The van der Waals surface area contributed by atoms with Crippen LogP contribution in [-0.4, -0.2) is 9.97 Å². The van der Waals surface area contributed by atoms with Gasteiger partial charge in [0, 0.05) is 15.5 Å². The number of aryl methyl sites for hydroxylation is 2. The fourth-order valence-corrected chi connectivity index (χ4v) is 4.90. The molecule has 0 amide bonds. The van der Waals surface area contributed by atoms with E-state index in [9.17, 15) is 4.79 Å². The third kappa shape index (κ3) is 3.36. The van der Waals surface area contributed by atoms with Gasteiger partial charge in [-0.2, -0.15) is 0 Å². The summed E-state index contributed by atoms with van der Waals surface area (Å²) in [4.78, 5) is 22.5. The second-order valence-corrected chi connectivity index (χ2v) is 8.20. The van der Waals surface area contributed by atoms with Gasteiger partial charge in [0.05, 0.1) is 5.39 Å². The highest BCUT2D eigenvalue weighted by Crippen LogP contribution is 2.33. The molecule has 3 aromatic rings. The van der Waals surface area contributed by atoms with Crippen LogP contribution in [0.2, 0.25) is 5.02 Å². The molecule has 2 heterocycles. The van der Waals surface area contributed by atoms with Crippen molar-refractivity contribution in [2.45, 2.75) is 45.2 Å². The number of H-pyrrole nitrogens is 1. The number of aromatic nitrogens is 2. The molecular weight excluding hydrogens is 354 g/mol. The minimum absolute atomic E-state index is 0.0203. The molecule has 0 fully saturated rings. The van der Waals surface area contributed by atoms with Gasteiger partial charge in [-0.15, -0.1) is 11.3 Å². The van der Waals surface area contributed by atoms with Gasteiger partial charge in [0.1, 0.15) is 17.4 Å². The number of quaternary nitrogens is 1. The van der Waals surface area contributed by atoms with E-state index in [1.54, 1.807) is 11.3 Å². The van der Waals surface area contributed by atoms with Crippen molar-refractivity contribution >= 4 is 33.2 Å². The van der Waals surface area contributed by atoms with E-state index < -0.39 is 0 Å². The molecular formula is C19H21ClN3OS+. The molecule has 0 spiro atoms. The first-order chi connectivity index (χ1) is 12.1. The lowest BCUT2D eigenvalue weighted by atomic mass is 9.97. The van der Waals surface area contributed by atoms with Gasteiger partial charge in [-0.3, -0.25) is 4.79 Å². The van der Waals surface area contributed by atoms with Crippen LogP contribution in [0.5, 0.6) is 0 Å². The lowest BCUT2D eigenvalue weighted by Crippen LogP contribution is -2.83. The van der Waals surface area contributed by atoms with Gasteiger partial charge in [-0.25, -0.2) is 4.98 Å². The second kappa shape index (κ2) is 6.90. The lowest BCUT2D eigenvalue weighted by molar-refractivity contribution is -0.708. The Hall–Kier alpha value is -1.69. The van der Waals surface area contributed by atoms with E-state index in [2.05, 4.69) is 17.2 Å². The van der Waals surface area contributed by atoms with Crippen LogP contribution in [-0.2, 0) is 19.4 Å². The Morgan fingerprint density at radius 1 is 1.28 bits per heavy atom. The first kappa shape index (κ1) is 16.8. The number of benzene rings is 1. The SMILES string of the molecule is C[C@@H]([NH2+]Cc1nc2sc3c(c2c(=O)[nH]1)CCCC3)c1ccc(Cl)cc1. The van der Waals surface area contributed by atoms with Crippen LogP contribution in [0.15, 0.2) is 29.1 Å². The second-order valence-electron chi connectivity index (χ2n) is 6.68. The molecule has 6 heteroatoms. The standard InChI is InChI=1S/C19H20ClN3OS/c1-11(12-6-8-13(20)9-7-12)21-10-16-22-18(24)17-14-4-2-3-5-15(14)25-19(17)23-16/h6-9,11,21H,2-5,10H2,1H3,(H,22,23,24)/p+1/t11-/m1/s1. The predicted molar refractivity (Wildman–Crippen MR) is 102 cm³/mol. The number of thiophene rings is 1. The molecule has 3 N–H and O–H groups in total. The molecule has 1 aromatic carbocycles. The Balaban J connectivity index is 1.55. The Morgan fingerprint density at radius 2 is 2.04 bits per heavy atom. The first-order valence-corrected chi connectivity index (χ1v) is 9.93. The summed E-state index contributed by atoms with van der Waals surface area (Å²) in [5.74, 6) is 0.747. The number of halogens is 1. The van der Waals surface area contributed by atoms with Crippen LogP contribution in [0.4, 0.5) is 0 Å². The van der Waals surface area contributed by atoms with Crippen LogP contribution in [0.25, 0.3) is 10.2 Å². The molecule has 2 aromatic heterocycles. The van der Waals surface area contributed by atoms with Crippen molar-refractivity contribution in [3.8, 4) is 0 Å². The van der Waals surface area contributed by atoms with Gasteiger partial charge in [0.2, 0.25) is 0 Å². The average molecular weight is 375 g/mol. The van der Waals surface area contributed by atoms with Crippen molar-refractivity contribution in [1.29, 1.82) is 0 Å². The maximum absolute atomic E-state index is 12.6. The third-order valence-corrected chi connectivity index (χ3v) is 6.37. The monoisotopic (exact) mass is 374 g/mol. The molecule has 1 atom stereocenters. The van der Waals surface area contributed by atoms with E-state index in [1.165, 1.54) is 28.8 Å². The Kier molecular flexibility index (Phi) is 4.63. The van der Waals surface area contributed by atoms with Crippen molar-refractivity contribution in [3.63, 3.8) is 0 Å². The Morgan fingerprint density at radius 3 is 2.84 bits per heavy atom. The van der Waals surface area contributed by atoms with E-state index in [4.69, 9.17) is 16.6 Å². The molecule has 0 aliphatic heterocycles. The van der Waals surface area contributed by atoms with E-state index in [0.717, 1.165) is 33.9 Å². The van der Waals surface area contributed by atoms with Crippen molar-refractivity contribution in [2.75, 3.05) is 0 Å². The summed E-state index contributed by atoms with van der Waals surface area (Å²) in [7, 11) is 0. The number of nitrogens with two attached hydrogens (primary N) is 1. The topological polar surface area (TPSA) is 62.4 Å². The van der Waals surface area contributed by atoms with Gasteiger partial charge in [0.25, 0.3) is 5.56 Å². The Labute approximate surface area is 155 Å². The number of fused-ring (bicyclic) bond motifs is 3. The van der Waals surface area contributed by atoms with Crippen molar-refractivity contribution < 1.29 is 5.32 Å². The zero-order valence-electron chi connectivity index (χ0n) is 14.1. The summed E-state index contributed by atoms with van der Waals surface area (Å²) in [5.41, 5.74) is 2.47. The molecule has 0 radical (unpaired) electrons. The largest absolute Gasteiger partial charge is 0.334 e. The maximum Gasteiger partial charge on any atom is 0.260 e. The molecule has 0 saturated heterocycles. The fraction of sp³-hybridized carbons (Fsp3) is 0.368. The van der Waals surface area contributed by atoms with Gasteiger partial charge < -0.3 is 10.3 Å². The van der Waals surface area contributed by atoms with Gasteiger partial charge in [-0.1, -0.05) is 23.7 Å². The van der Waals surface area contributed by atoms with Gasteiger partial charge in [-0.05, 0) is 50.3 Å². The molecule has 0 unspecified atom stereocenters. The lowest BCUT2D eigenvalue weighted by Gasteiger charge is -2.11. The van der Waals surface area contributed by atoms with E-state index >= 15 is 0 Å². The quantitative estimate of drug-likeness (QED) is 0.735. The van der Waals surface area contributed by atoms with Crippen molar-refractivity contribution in [1.82, 2.24) is 9.97 Å². The molecule has 130 valence electrons. The zero-order valence-corrected chi connectivity index (χ0v) is 15.7. The highest BCUT2D eigenvalue weighted by molar-refractivity contribution is 7.18. The normalized spacial score (nSPS) is 15.3. The zero-order chi connectivity index (χ0) is 17.4. The van der Waals surface area contributed by atoms with Crippen LogP contribution >= 0.6 is 22.9 Å². The number of rotatable bonds is 4. The summed E-state index contributed by atoms with van der Waals surface area (Å²) < 4.78 is 0. The van der Waals surface area contributed by atoms with E-state index in [0.29, 0.717) is 6.54 Å². The van der Waals surface area contributed by atoms with Gasteiger partial charge in [0.15, 0.2) is 5.82 Å². The van der Waals surface area contributed by atoms with E-state index in [1.807, 2.05) is 24.3 Å². The molecule has 0 bridgehead atoms. The molecule has 1 aliphatic rings. The first-order valence-electron chi connectivity index (χ1n) is 8.74. The molecule has 4 rings (SSSR count). The maximum atomic E-state index is 12.6. The smallest absolute Gasteiger partial charge is 0.260 e. The number of aromatic amines is 1.